The van der Waals surface area contributed by atoms with Crippen LogP contribution < -0.4 is 5.32 Å². The Labute approximate surface area is 163 Å². The Kier molecular flexibility index (Phi) is 5.99. The number of halogens is 1. The summed E-state index contributed by atoms with van der Waals surface area (Å²) in [6.45, 7) is 2.52. The van der Waals surface area contributed by atoms with Crippen LogP contribution in [0.15, 0.2) is 53.7 Å². The monoisotopic (exact) mass is 401 g/mol. The van der Waals surface area contributed by atoms with Gasteiger partial charge < -0.3 is 9.88 Å². The van der Waals surface area contributed by atoms with Gasteiger partial charge in [0, 0.05) is 29.9 Å². The van der Waals surface area contributed by atoms with Crippen molar-refractivity contribution in [3.05, 3.63) is 64.5 Å². The van der Waals surface area contributed by atoms with Gasteiger partial charge in [-0.3, -0.25) is 14.9 Å². The lowest BCUT2D eigenvalue weighted by Gasteiger charge is -2.08. The van der Waals surface area contributed by atoms with Crippen molar-refractivity contribution in [3.63, 3.8) is 0 Å². The summed E-state index contributed by atoms with van der Waals surface area (Å²) in [6, 6.07) is 11.6. The zero-order chi connectivity index (χ0) is 20.1. The fraction of sp³-hybridized carbons (Fsp3) is 0.167. The summed E-state index contributed by atoms with van der Waals surface area (Å²) in [7, 11) is 0. The summed E-state index contributed by atoms with van der Waals surface area (Å²) < 4.78 is 15.0. The Morgan fingerprint density at radius 1 is 1.18 bits per heavy atom. The van der Waals surface area contributed by atoms with E-state index in [0.717, 1.165) is 5.56 Å². The number of hydrogen-bond acceptors (Lipinski definition) is 6. The molecule has 2 aromatic carbocycles. The first-order valence-electron chi connectivity index (χ1n) is 8.34. The van der Waals surface area contributed by atoms with Crippen LogP contribution >= 0.6 is 11.8 Å². The number of thioether (sulfide) groups is 1. The summed E-state index contributed by atoms with van der Waals surface area (Å²) in [4.78, 5) is 22.3. The second-order valence-electron chi connectivity index (χ2n) is 5.70. The third kappa shape index (κ3) is 4.52. The Morgan fingerprint density at radius 2 is 1.86 bits per heavy atom. The average Bonchev–Trinajstić information content (AvgIpc) is 3.10. The van der Waals surface area contributed by atoms with Gasteiger partial charge in [-0.15, -0.1) is 10.2 Å². The molecule has 0 aliphatic heterocycles. The van der Waals surface area contributed by atoms with E-state index < -0.39 is 4.92 Å². The molecule has 3 rings (SSSR count). The van der Waals surface area contributed by atoms with Crippen molar-refractivity contribution >= 4 is 29.0 Å². The van der Waals surface area contributed by atoms with Gasteiger partial charge in [-0.05, 0) is 43.3 Å². The van der Waals surface area contributed by atoms with Gasteiger partial charge >= 0.3 is 0 Å². The molecule has 0 bridgehead atoms. The Bertz CT molecular complexity index is 989. The summed E-state index contributed by atoms with van der Waals surface area (Å²) in [5.74, 6) is 0.0934. The van der Waals surface area contributed by atoms with Gasteiger partial charge in [0.15, 0.2) is 11.0 Å². The van der Waals surface area contributed by atoms with Crippen LogP contribution in [0.3, 0.4) is 0 Å². The smallest absolute Gasteiger partial charge is 0.269 e. The number of amides is 1. The van der Waals surface area contributed by atoms with Gasteiger partial charge in [0.2, 0.25) is 5.91 Å². The van der Waals surface area contributed by atoms with E-state index in [1.54, 1.807) is 12.1 Å². The third-order valence-electron chi connectivity index (χ3n) is 3.83. The van der Waals surface area contributed by atoms with E-state index >= 15 is 0 Å². The molecular formula is C18H16FN5O3S. The molecule has 0 atom stereocenters. The second-order valence-corrected chi connectivity index (χ2v) is 6.64. The molecule has 1 aromatic heterocycles. The quantitative estimate of drug-likeness (QED) is 0.367. The minimum absolute atomic E-state index is 0.0447. The maximum Gasteiger partial charge on any atom is 0.269 e. The number of carbonyl (C=O) groups excluding carboxylic acids is 1. The molecule has 144 valence electrons. The fourth-order valence-electron chi connectivity index (χ4n) is 2.49. The number of nitro benzene ring substituents is 1. The number of carbonyl (C=O) groups is 1. The normalized spacial score (nSPS) is 10.6. The Morgan fingerprint density at radius 3 is 2.46 bits per heavy atom. The molecule has 28 heavy (non-hydrogen) atoms. The van der Waals surface area contributed by atoms with Crippen LogP contribution in [0.4, 0.5) is 15.8 Å². The second kappa shape index (κ2) is 8.61. The molecule has 1 heterocycles. The molecule has 0 unspecified atom stereocenters. The molecule has 3 aromatic rings. The van der Waals surface area contributed by atoms with Gasteiger partial charge in [-0.1, -0.05) is 11.8 Å². The summed E-state index contributed by atoms with van der Waals surface area (Å²) in [5, 5.41) is 22.2. The van der Waals surface area contributed by atoms with E-state index in [1.165, 1.54) is 48.2 Å². The number of non-ortho nitro benzene ring substituents is 1. The van der Waals surface area contributed by atoms with Gasteiger partial charge in [-0.25, -0.2) is 4.39 Å². The molecule has 8 nitrogen and oxygen atoms in total. The molecule has 0 saturated carbocycles. The predicted molar refractivity (Wildman–Crippen MR) is 104 cm³/mol. The molecule has 0 fully saturated rings. The molecule has 0 aliphatic carbocycles. The molecule has 10 heteroatoms. The highest BCUT2D eigenvalue weighted by Gasteiger charge is 2.15. The van der Waals surface area contributed by atoms with Crippen molar-refractivity contribution in [2.45, 2.75) is 18.6 Å². The van der Waals surface area contributed by atoms with Crippen LogP contribution in [0.25, 0.3) is 11.4 Å². The van der Waals surface area contributed by atoms with Gasteiger partial charge in [-0.2, -0.15) is 0 Å². The fourth-order valence-corrected chi connectivity index (χ4v) is 3.29. The Balaban J connectivity index is 1.64. The van der Waals surface area contributed by atoms with Crippen molar-refractivity contribution in [2.24, 2.45) is 0 Å². The number of rotatable bonds is 7. The molecule has 0 spiro atoms. The summed E-state index contributed by atoms with van der Waals surface area (Å²) >= 11 is 1.22. The number of nitro groups is 1. The highest BCUT2D eigenvalue weighted by atomic mass is 32.2. The minimum atomic E-state index is -0.502. The number of benzene rings is 2. The van der Waals surface area contributed by atoms with Gasteiger partial charge in [0.1, 0.15) is 5.82 Å². The first kappa shape index (κ1) is 19.5. The highest BCUT2D eigenvalue weighted by Crippen LogP contribution is 2.24. The molecule has 1 N–H and O–H groups in total. The van der Waals surface area contributed by atoms with Crippen LogP contribution in [0.2, 0.25) is 0 Å². The van der Waals surface area contributed by atoms with Crippen molar-refractivity contribution in [1.82, 2.24) is 14.8 Å². The van der Waals surface area contributed by atoms with Crippen LogP contribution in [-0.2, 0) is 11.3 Å². The number of hydrogen-bond donors (Lipinski definition) is 1. The van der Waals surface area contributed by atoms with Crippen molar-refractivity contribution in [2.75, 3.05) is 11.1 Å². The van der Waals surface area contributed by atoms with Gasteiger partial charge in [0.25, 0.3) is 5.69 Å². The van der Waals surface area contributed by atoms with E-state index in [0.29, 0.717) is 23.2 Å². The maximum absolute atomic E-state index is 13.1. The number of anilines is 1. The van der Waals surface area contributed by atoms with Crippen molar-refractivity contribution < 1.29 is 14.1 Å². The van der Waals surface area contributed by atoms with Crippen molar-refractivity contribution in [3.8, 4) is 11.4 Å². The zero-order valence-corrected chi connectivity index (χ0v) is 15.6. The van der Waals surface area contributed by atoms with Crippen LogP contribution in [-0.4, -0.2) is 31.3 Å². The summed E-state index contributed by atoms with van der Waals surface area (Å²) in [6.07, 6.45) is 0. The molecule has 0 radical (unpaired) electrons. The SMILES string of the molecule is CCn1c(SCC(=O)Nc2ccc([N+](=O)[O-])cc2)nnc1-c1ccc(F)cc1. The maximum atomic E-state index is 13.1. The van der Waals surface area contributed by atoms with E-state index in [4.69, 9.17) is 0 Å². The molecule has 1 amide bonds. The molecule has 0 saturated heterocycles. The highest BCUT2D eigenvalue weighted by molar-refractivity contribution is 7.99. The number of nitrogens with zero attached hydrogens (tertiary/aromatic N) is 4. The summed E-state index contributed by atoms with van der Waals surface area (Å²) in [5.41, 5.74) is 1.16. The average molecular weight is 401 g/mol. The lowest BCUT2D eigenvalue weighted by atomic mass is 10.2. The van der Waals surface area contributed by atoms with E-state index in [2.05, 4.69) is 15.5 Å². The molecule has 0 aliphatic rings. The topological polar surface area (TPSA) is 103 Å². The molecular weight excluding hydrogens is 385 g/mol. The predicted octanol–water partition coefficient (Wildman–Crippen LogP) is 3.74. The van der Waals surface area contributed by atoms with E-state index in [1.807, 2.05) is 11.5 Å². The third-order valence-corrected chi connectivity index (χ3v) is 4.80. The van der Waals surface area contributed by atoms with Crippen LogP contribution in [0.5, 0.6) is 0 Å². The first-order valence-corrected chi connectivity index (χ1v) is 9.32. The zero-order valence-electron chi connectivity index (χ0n) is 14.8. The van der Waals surface area contributed by atoms with Gasteiger partial charge in [0.05, 0.1) is 10.7 Å². The van der Waals surface area contributed by atoms with Crippen LogP contribution in [0.1, 0.15) is 6.92 Å². The lowest BCUT2D eigenvalue weighted by Crippen LogP contribution is -2.14. The number of aromatic nitrogens is 3. The largest absolute Gasteiger partial charge is 0.325 e. The van der Waals surface area contributed by atoms with E-state index in [9.17, 15) is 19.3 Å². The standard InChI is InChI=1S/C18H16FN5O3S/c1-2-23-17(12-3-5-13(19)6-4-12)21-22-18(23)28-11-16(25)20-14-7-9-15(10-8-14)24(26)27/h3-10H,2,11H2,1H3,(H,20,25). The first-order chi connectivity index (χ1) is 13.5. The van der Waals surface area contributed by atoms with Crippen molar-refractivity contribution in [1.29, 1.82) is 0 Å². The van der Waals surface area contributed by atoms with Crippen LogP contribution in [0, 0.1) is 15.9 Å². The van der Waals surface area contributed by atoms with E-state index in [-0.39, 0.29) is 23.2 Å². The number of nitrogens with one attached hydrogen (secondary N) is 1. The minimum Gasteiger partial charge on any atom is -0.325 e. The lowest BCUT2D eigenvalue weighted by molar-refractivity contribution is -0.384. The Hall–Kier alpha value is -3.27.